The molecule has 0 unspecified atom stereocenters. The van der Waals surface area contributed by atoms with Crippen molar-refractivity contribution in [1.82, 2.24) is 9.55 Å². The van der Waals surface area contributed by atoms with E-state index < -0.39 is 0 Å². The van der Waals surface area contributed by atoms with Crippen molar-refractivity contribution in [2.45, 2.75) is 0 Å². The van der Waals surface area contributed by atoms with Crippen LogP contribution in [0.5, 0.6) is 0 Å². The van der Waals surface area contributed by atoms with Gasteiger partial charge in [0.05, 0.1) is 21.4 Å². The minimum atomic E-state index is 0.785. The number of para-hydroxylation sites is 1. The molecule has 0 bridgehead atoms. The highest BCUT2D eigenvalue weighted by Gasteiger charge is 2.16. The van der Waals surface area contributed by atoms with Crippen LogP contribution in [0, 0.1) is 5.41 Å². The van der Waals surface area contributed by atoms with E-state index in [1.165, 1.54) is 32.6 Å². The van der Waals surface area contributed by atoms with Gasteiger partial charge in [-0.2, -0.15) is 0 Å². The number of hydrogen-bond donors (Lipinski definition) is 1. The fraction of sp³-hybridized carbons (Fsp3) is 0. The van der Waals surface area contributed by atoms with Crippen molar-refractivity contribution >= 4 is 55.0 Å². The molecule has 3 heterocycles. The minimum Gasteiger partial charge on any atom is -0.309 e. The first kappa shape index (κ1) is 16.7. The molecule has 0 atom stereocenters. The molecule has 0 spiro atoms. The third-order valence-corrected chi connectivity index (χ3v) is 5.88. The van der Waals surface area contributed by atoms with Crippen LogP contribution < -0.4 is 0 Å². The smallest absolute Gasteiger partial charge is 0.138 e. The van der Waals surface area contributed by atoms with Crippen molar-refractivity contribution in [3.63, 3.8) is 0 Å². The summed E-state index contributed by atoms with van der Waals surface area (Å²) in [5.41, 5.74) is 3.93. The molecule has 3 aromatic heterocycles. The number of fused-ring (bicyclic) bond motifs is 5. The van der Waals surface area contributed by atoms with Gasteiger partial charge in [0.25, 0.3) is 0 Å². The van der Waals surface area contributed by atoms with Crippen molar-refractivity contribution in [3.8, 4) is 5.82 Å². The predicted molar refractivity (Wildman–Crippen MR) is 121 cm³/mol. The van der Waals surface area contributed by atoms with E-state index in [1.807, 2.05) is 24.3 Å². The number of pyridine rings is 1. The number of allylic oxidation sites excluding steroid dienone is 3. The van der Waals surface area contributed by atoms with E-state index in [-0.39, 0.29) is 0 Å². The summed E-state index contributed by atoms with van der Waals surface area (Å²) in [5, 5.41) is 13.0. The van der Waals surface area contributed by atoms with Crippen LogP contribution in [-0.4, -0.2) is 15.8 Å². The maximum absolute atomic E-state index is 7.18. The van der Waals surface area contributed by atoms with Gasteiger partial charge in [-0.1, -0.05) is 49.1 Å². The largest absolute Gasteiger partial charge is 0.309 e. The summed E-state index contributed by atoms with van der Waals surface area (Å²) in [6, 6.07) is 21.0. The van der Waals surface area contributed by atoms with Crippen molar-refractivity contribution in [3.05, 3.63) is 90.5 Å². The van der Waals surface area contributed by atoms with Crippen molar-refractivity contribution in [2.24, 2.45) is 0 Å². The second-order valence-electron chi connectivity index (χ2n) is 6.59. The third-order valence-electron chi connectivity index (χ3n) is 4.94. The van der Waals surface area contributed by atoms with Crippen LogP contribution in [0.3, 0.4) is 0 Å². The SMILES string of the molecule is C=C(C=CC=N)c1cccc(-n2c3ccccc3c3ccc4ccsc4c32)n1. The van der Waals surface area contributed by atoms with Gasteiger partial charge in [-0.3, -0.25) is 4.57 Å². The molecule has 0 saturated heterocycles. The average Bonchev–Trinajstić information content (AvgIpc) is 3.34. The predicted octanol–water partition coefficient (Wildman–Crippen LogP) is 6.61. The second-order valence-corrected chi connectivity index (χ2v) is 7.50. The molecular weight excluding hydrogens is 362 g/mol. The highest BCUT2D eigenvalue weighted by molar-refractivity contribution is 7.18. The van der Waals surface area contributed by atoms with Crippen molar-refractivity contribution in [1.29, 1.82) is 5.41 Å². The van der Waals surface area contributed by atoms with Gasteiger partial charge >= 0.3 is 0 Å². The van der Waals surface area contributed by atoms with Gasteiger partial charge in [-0.15, -0.1) is 11.3 Å². The Labute approximate surface area is 166 Å². The van der Waals surface area contributed by atoms with E-state index in [2.05, 4.69) is 59.0 Å². The summed E-state index contributed by atoms with van der Waals surface area (Å²) < 4.78 is 3.52. The van der Waals surface area contributed by atoms with Crippen LogP contribution in [0.4, 0.5) is 0 Å². The van der Waals surface area contributed by atoms with Gasteiger partial charge in [0.2, 0.25) is 0 Å². The molecule has 2 aromatic carbocycles. The first-order chi connectivity index (χ1) is 13.8. The number of nitrogens with zero attached hydrogens (tertiary/aromatic N) is 2. The summed E-state index contributed by atoms with van der Waals surface area (Å²) in [5.74, 6) is 0.869. The van der Waals surface area contributed by atoms with Crippen LogP contribution in [0.2, 0.25) is 0 Å². The second kappa shape index (κ2) is 6.59. The lowest BCUT2D eigenvalue weighted by Gasteiger charge is -2.09. The van der Waals surface area contributed by atoms with Gasteiger partial charge in [0, 0.05) is 17.0 Å². The monoisotopic (exact) mass is 379 g/mol. The zero-order chi connectivity index (χ0) is 19.1. The lowest BCUT2D eigenvalue weighted by atomic mass is 10.1. The van der Waals surface area contributed by atoms with Gasteiger partial charge < -0.3 is 5.41 Å². The summed E-state index contributed by atoms with van der Waals surface area (Å²) in [4.78, 5) is 4.90. The average molecular weight is 379 g/mol. The van der Waals surface area contributed by atoms with Gasteiger partial charge in [0.1, 0.15) is 5.82 Å². The van der Waals surface area contributed by atoms with Gasteiger partial charge in [-0.25, -0.2) is 4.98 Å². The third kappa shape index (κ3) is 2.50. The summed E-state index contributed by atoms with van der Waals surface area (Å²) >= 11 is 1.76. The van der Waals surface area contributed by atoms with Crippen LogP contribution in [0.1, 0.15) is 5.69 Å². The molecule has 4 heteroatoms. The number of hydrogen-bond acceptors (Lipinski definition) is 3. The fourth-order valence-electron chi connectivity index (χ4n) is 3.69. The number of nitrogens with one attached hydrogen (secondary N) is 1. The zero-order valence-electron chi connectivity index (χ0n) is 15.1. The number of aromatic nitrogens is 2. The maximum Gasteiger partial charge on any atom is 0.138 e. The molecule has 0 aliphatic carbocycles. The quantitative estimate of drug-likeness (QED) is 0.277. The topological polar surface area (TPSA) is 41.7 Å². The zero-order valence-corrected chi connectivity index (χ0v) is 15.9. The highest BCUT2D eigenvalue weighted by Crippen LogP contribution is 2.38. The minimum absolute atomic E-state index is 0.785. The molecule has 134 valence electrons. The molecule has 0 radical (unpaired) electrons. The fourth-order valence-corrected chi connectivity index (χ4v) is 4.62. The molecule has 0 saturated carbocycles. The molecular formula is C24H17N3S. The molecule has 0 amide bonds. The molecule has 0 aliphatic rings. The van der Waals surface area contributed by atoms with Crippen LogP contribution in [-0.2, 0) is 0 Å². The van der Waals surface area contributed by atoms with Gasteiger partial charge in [0.15, 0.2) is 0 Å². The Hall–Kier alpha value is -3.50. The Morgan fingerprint density at radius 3 is 2.79 bits per heavy atom. The van der Waals surface area contributed by atoms with E-state index >= 15 is 0 Å². The normalized spacial score (nSPS) is 11.7. The summed E-state index contributed by atoms with van der Waals surface area (Å²) in [6.07, 6.45) is 4.71. The number of benzene rings is 2. The Bertz CT molecular complexity index is 1400. The molecule has 5 aromatic rings. The standard InChI is InChI=1S/C24H17N3S/c1-16(6-5-14-25)20-8-4-10-22(26-20)27-21-9-3-2-7-18(21)19-12-11-17-13-15-28-24(17)23(19)27/h2-15,25H,1H2. The molecule has 0 fully saturated rings. The van der Waals surface area contributed by atoms with E-state index in [1.54, 1.807) is 17.4 Å². The van der Waals surface area contributed by atoms with E-state index in [9.17, 15) is 0 Å². The van der Waals surface area contributed by atoms with Crippen LogP contribution in [0.25, 0.3) is 43.3 Å². The molecule has 0 aliphatic heterocycles. The highest BCUT2D eigenvalue weighted by atomic mass is 32.1. The van der Waals surface area contributed by atoms with E-state index in [0.717, 1.165) is 22.6 Å². The first-order valence-electron chi connectivity index (χ1n) is 9.01. The van der Waals surface area contributed by atoms with Crippen LogP contribution in [0.15, 0.2) is 84.8 Å². The lowest BCUT2D eigenvalue weighted by Crippen LogP contribution is -1.99. The molecule has 5 rings (SSSR count). The summed E-state index contributed by atoms with van der Waals surface area (Å²) in [6.45, 7) is 4.09. The van der Waals surface area contributed by atoms with Crippen molar-refractivity contribution in [2.75, 3.05) is 0 Å². The Morgan fingerprint density at radius 2 is 1.89 bits per heavy atom. The molecule has 28 heavy (non-hydrogen) atoms. The van der Waals surface area contributed by atoms with Crippen molar-refractivity contribution < 1.29 is 0 Å². The Kier molecular flexibility index (Phi) is 3.92. The maximum atomic E-state index is 7.18. The van der Waals surface area contributed by atoms with Crippen LogP contribution >= 0.6 is 11.3 Å². The van der Waals surface area contributed by atoms with E-state index in [4.69, 9.17) is 10.4 Å². The Balaban J connectivity index is 1.85. The molecule has 3 nitrogen and oxygen atoms in total. The Morgan fingerprint density at radius 1 is 1.00 bits per heavy atom. The lowest BCUT2D eigenvalue weighted by molar-refractivity contribution is 1.07. The first-order valence-corrected chi connectivity index (χ1v) is 9.89. The summed E-state index contributed by atoms with van der Waals surface area (Å²) in [7, 11) is 0. The van der Waals surface area contributed by atoms with Gasteiger partial charge in [-0.05, 0) is 46.7 Å². The number of thiophene rings is 1. The number of rotatable bonds is 4. The van der Waals surface area contributed by atoms with E-state index in [0.29, 0.717) is 0 Å². The molecule has 1 N–H and O–H groups in total.